The molecule has 1 saturated heterocycles. The van der Waals surface area contributed by atoms with E-state index in [2.05, 4.69) is 0 Å². The van der Waals surface area contributed by atoms with E-state index < -0.39 is 22.4 Å². The zero-order chi connectivity index (χ0) is 12.5. The van der Waals surface area contributed by atoms with Crippen LogP contribution in [0.5, 0.6) is 0 Å². The normalized spacial score (nSPS) is 22.2. The predicted octanol–water partition coefficient (Wildman–Crippen LogP) is 0.150. The van der Waals surface area contributed by atoms with Gasteiger partial charge in [-0.05, 0) is 25.0 Å². The Morgan fingerprint density at radius 1 is 1.24 bits per heavy atom. The van der Waals surface area contributed by atoms with E-state index in [1.165, 1.54) is 16.4 Å². The first kappa shape index (κ1) is 12.5. The van der Waals surface area contributed by atoms with Crippen molar-refractivity contribution in [1.82, 2.24) is 4.31 Å². The Hall–Kier alpha value is -0.950. The summed E-state index contributed by atoms with van der Waals surface area (Å²) in [6, 6.07) is 7.31. The minimum absolute atomic E-state index is 0.188. The minimum atomic E-state index is -3.62. The maximum absolute atomic E-state index is 12.3. The van der Waals surface area contributed by atoms with Gasteiger partial charge in [-0.25, -0.2) is 8.42 Å². The molecule has 17 heavy (non-hydrogen) atoms. The average Bonchev–Trinajstić information content (AvgIpc) is 2.80. The summed E-state index contributed by atoms with van der Waals surface area (Å²) < 4.78 is 25.7. The fourth-order valence-electron chi connectivity index (χ4n) is 2.09. The first-order valence-electron chi connectivity index (χ1n) is 5.46. The topological polar surface area (TPSA) is 77.8 Å². The quantitative estimate of drug-likeness (QED) is 0.756. The molecule has 1 fully saturated rings. The minimum Gasteiger partial charge on any atom is -0.367 e. The second-order valence-electron chi connectivity index (χ2n) is 4.05. The Labute approximate surface area is 100 Å². The van der Waals surface area contributed by atoms with Gasteiger partial charge in [-0.1, -0.05) is 18.2 Å². The van der Waals surface area contributed by atoms with Gasteiger partial charge in [0, 0.05) is 6.54 Å². The van der Waals surface area contributed by atoms with E-state index in [0.717, 1.165) is 0 Å². The van der Waals surface area contributed by atoms with Gasteiger partial charge in [0.1, 0.15) is 0 Å². The van der Waals surface area contributed by atoms with Crippen LogP contribution < -0.4 is 0 Å². The van der Waals surface area contributed by atoms with Crippen molar-refractivity contribution in [3.05, 3.63) is 30.3 Å². The Morgan fingerprint density at radius 3 is 2.47 bits per heavy atom. The average molecular weight is 257 g/mol. The number of hydrogen-bond acceptors (Lipinski definition) is 4. The van der Waals surface area contributed by atoms with Crippen molar-refractivity contribution in [3.63, 3.8) is 0 Å². The molecule has 94 valence electrons. The highest BCUT2D eigenvalue weighted by molar-refractivity contribution is 7.89. The van der Waals surface area contributed by atoms with Crippen LogP contribution in [0.2, 0.25) is 0 Å². The third-order valence-electron chi connectivity index (χ3n) is 2.94. The molecule has 1 atom stereocenters. The second-order valence-corrected chi connectivity index (χ2v) is 5.94. The van der Waals surface area contributed by atoms with Gasteiger partial charge in [0.25, 0.3) is 0 Å². The fourth-order valence-corrected chi connectivity index (χ4v) is 3.80. The van der Waals surface area contributed by atoms with Gasteiger partial charge in [-0.2, -0.15) is 4.31 Å². The Bertz CT molecular complexity index is 472. The smallest absolute Gasteiger partial charge is 0.243 e. The lowest BCUT2D eigenvalue weighted by molar-refractivity contribution is -0.0768. The van der Waals surface area contributed by atoms with Gasteiger partial charge >= 0.3 is 0 Å². The number of sulfonamides is 1. The molecule has 1 aliphatic heterocycles. The lowest BCUT2D eigenvalue weighted by Crippen LogP contribution is -2.42. The Morgan fingerprint density at radius 2 is 1.88 bits per heavy atom. The van der Waals surface area contributed by atoms with Crippen LogP contribution in [0.3, 0.4) is 0 Å². The zero-order valence-corrected chi connectivity index (χ0v) is 10.0. The number of aliphatic hydroxyl groups excluding tert-OH is 1. The van der Waals surface area contributed by atoms with Gasteiger partial charge in [0.15, 0.2) is 6.29 Å². The van der Waals surface area contributed by atoms with Gasteiger partial charge in [0.2, 0.25) is 10.0 Å². The molecule has 0 amide bonds. The number of nitrogens with zero attached hydrogens (tertiary/aromatic N) is 1. The summed E-state index contributed by atoms with van der Waals surface area (Å²) in [5, 5.41) is 18.4. The fraction of sp³-hybridized carbons (Fsp3) is 0.455. The molecular formula is C11H15NO4S. The summed E-state index contributed by atoms with van der Waals surface area (Å²) in [7, 11) is -3.62. The molecule has 1 aromatic rings. The molecule has 1 heterocycles. The van der Waals surface area contributed by atoms with Gasteiger partial charge in [0.05, 0.1) is 10.9 Å². The third kappa shape index (κ3) is 2.35. The van der Waals surface area contributed by atoms with E-state index >= 15 is 0 Å². The number of rotatable bonds is 3. The molecule has 2 rings (SSSR count). The summed E-state index contributed by atoms with van der Waals surface area (Å²) >= 11 is 0. The summed E-state index contributed by atoms with van der Waals surface area (Å²) in [5.74, 6) is 0. The van der Waals surface area contributed by atoms with Gasteiger partial charge < -0.3 is 10.2 Å². The Balaban J connectivity index is 2.33. The molecule has 6 heteroatoms. The molecule has 5 nitrogen and oxygen atoms in total. The van der Waals surface area contributed by atoms with Crippen molar-refractivity contribution < 1.29 is 18.6 Å². The van der Waals surface area contributed by atoms with Crippen LogP contribution in [-0.2, 0) is 10.0 Å². The van der Waals surface area contributed by atoms with Crippen LogP contribution in [0.1, 0.15) is 12.8 Å². The number of hydrogen-bond donors (Lipinski definition) is 2. The highest BCUT2D eigenvalue weighted by Crippen LogP contribution is 2.27. The molecule has 0 saturated carbocycles. The van der Waals surface area contributed by atoms with Crippen molar-refractivity contribution in [2.45, 2.75) is 30.1 Å². The first-order valence-corrected chi connectivity index (χ1v) is 6.90. The highest BCUT2D eigenvalue weighted by atomic mass is 32.2. The maximum atomic E-state index is 12.3. The van der Waals surface area contributed by atoms with Gasteiger partial charge in [-0.3, -0.25) is 0 Å². The lowest BCUT2D eigenvalue weighted by atomic mass is 10.2. The van der Waals surface area contributed by atoms with Crippen LogP contribution >= 0.6 is 0 Å². The highest BCUT2D eigenvalue weighted by Gasteiger charge is 2.38. The van der Waals surface area contributed by atoms with Crippen molar-refractivity contribution in [2.75, 3.05) is 6.54 Å². The third-order valence-corrected chi connectivity index (χ3v) is 4.88. The molecule has 0 radical (unpaired) electrons. The van der Waals surface area contributed by atoms with Crippen molar-refractivity contribution in [3.8, 4) is 0 Å². The van der Waals surface area contributed by atoms with Crippen LogP contribution in [0.4, 0.5) is 0 Å². The monoisotopic (exact) mass is 257 g/mol. The van der Waals surface area contributed by atoms with Crippen LogP contribution in [0, 0.1) is 0 Å². The standard InChI is InChI=1S/C11H15NO4S/c13-11(14)10-7-4-8-12(10)17(15,16)9-5-2-1-3-6-9/h1-3,5-6,10-11,13-14H,4,7-8H2/t10-/m0/s1. The van der Waals surface area contributed by atoms with E-state index in [4.69, 9.17) is 0 Å². The number of aliphatic hydroxyl groups is 2. The molecule has 2 N–H and O–H groups in total. The van der Waals surface area contributed by atoms with E-state index in [1.54, 1.807) is 18.2 Å². The number of benzene rings is 1. The first-order chi connectivity index (χ1) is 8.03. The van der Waals surface area contributed by atoms with E-state index in [-0.39, 0.29) is 4.90 Å². The van der Waals surface area contributed by atoms with Gasteiger partial charge in [-0.15, -0.1) is 0 Å². The molecule has 0 aliphatic carbocycles. The summed E-state index contributed by atoms with van der Waals surface area (Å²) in [4.78, 5) is 0.188. The van der Waals surface area contributed by atoms with E-state index in [1.807, 2.05) is 0 Å². The largest absolute Gasteiger partial charge is 0.367 e. The molecule has 1 aliphatic rings. The SMILES string of the molecule is O=S(=O)(c1ccccc1)N1CCC[C@H]1C(O)O. The zero-order valence-electron chi connectivity index (χ0n) is 9.23. The summed E-state index contributed by atoms with van der Waals surface area (Å²) in [5.41, 5.74) is 0. The lowest BCUT2D eigenvalue weighted by Gasteiger charge is -2.25. The summed E-state index contributed by atoms with van der Waals surface area (Å²) in [6.45, 7) is 0.333. The van der Waals surface area contributed by atoms with E-state index in [9.17, 15) is 18.6 Å². The Kier molecular flexibility index (Phi) is 3.48. The van der Waals surface area contributed by atoms with Crippen molar-refractivity contribution in [1.29, 1.82) is 0 Å². The van der Waals surface area contributed by atoms with Crippen LogP contribution in [-0.4, -0.2) is 41.8 Å². The van der Waals surface area contributed by atoms with Crippen molar-refractivity contribution >= 4 is 10.0 Å². The molecule has 0 spiro atoms. The predicted molar refractivity (Wildman–Crippen MR) is 61.6 cm³/mol. The molecule has 1 aromatic carbocycles. The van der Waals surface area contributed by atoms with Crippen molar-refractivity contribution in [2.24, 2.45) is 0 Å². The molecule has 0 bridgehead atoms. The molecular weight excluding hydrogens is 242 g/mol. The van der Waals surface area contributed by atoms with Crippen LogP contribution in [0.25, 0.3) is 0 Å². The summed E-state index contributed by atoms with van der Waals surface area (Å²) in [6.07, 6.45) is -0.506. The molecule has 0 unspecified atom stereocenters. The van der Waals surface area contributed by atoms with E-state index in [0.29, 0.717) is 19.4 Å². The second kappa shape index (κ2) is 4.73. The van der Waals surface area contributed by atoms with Crippen LogP contribution in [0.15, 0.2) is 35.2 Å². The molecule has 0 aromatic heterocycles. The maximum Gasteiger partial charge on any atom is 0.243 e.